The summed E-state index contributed by atoms with van der Waals surface area (Å²) in [5, 5.41) is 12.7. The van der Waals surface area contributed by atoms with E-state index in [1.54, 1.807) is 19.1 Å². The molecule has 6 nitrogen and oxygen atoms in total. The van der Waals surface area contributed by atoms with Crippen LogP contribution in [-0.4, -0.2) is 16.0 Å². The number of nitrogens with zero attached hydrogens (tertiary/aromatic N) is 2. The number of carbonyl (C=O) groups is 1. The normalized spacial score (nSPS) is 12.2. The van der Waals surface area contributed by atoms with E-state index in [1.807, 2.05) is 19.1 Å². The Morgan fingerprint density at radius 2 is 1.89 bits per heavy atom. The predicted molar refractivity (Wildman–Crippen MR) is 125 cm³/mol. The number of anilines is 1. The van der Waals surface area contributed by atoms with Crippen molar-refractivity contribution in [1.29, 1.82) is 0 Å². The first-order valence-electron chi connectivity index (χ1n) is 10.8. The number of halogens is 3. The molecule has 9 heteroatoms. The number of aromatic nitrogens is 1. The lowest BCUT2D eigenvalue weighted by molar-refractivity contribution is -0.137. The minimum atomic E-state index is -4.55. The lowest BCUT2D eigenvalue weighted by Gasteiger charge is -2.11. The van der Waals surface area contributed by atoms with E-state index < -0.39 is 17.6 Å². The molecule has 0 saturated heterocycles. The van der Waals surface area contributed by atoms with Gasteiger partial charge in [-0.15, -0.1) is 0 Å². The van der Waals surface area contributed by atoms with Crippen LogP contribution in [0.5, 0.6) is 0 Å². The number of hydrogen-bond acceptors (Lipinski definition) is 5. The van der Waals surface area contributed by atoms with Crippen LogP contribution in [0.3, 0.4) is 0 Å². The Kier molecular flexibility index (Phi) is 6.70. The first-order chi connectivity index (χ1) is 16.7. The number of aryl methyl sites for hydroxylation is 2. The van der Waals surface area contributed by atoms with Crippen LogP contribution in [0.2, 0.25) is 0 Å². The van der Waals surface area contributed by atoms with Crippen molar-refractivity contribution in [2.75, 3.05) is 5.32 Å². The molecule has 0 bridgehead atoms. The van der Waals surface area contributed by atoms with Crippen molar-refractivity contribution in [3.8, 4) is 0 Å². The summed E-state index contributed by atoms with van der Waals surface area (Å²) in [7, 11) is 0. The van der Waals surface area contributed by atoms with E-state index in [9.17, 15) is 23.1 Å². The molecule has 4 rings (SSSR count). The van der Waals surface area contributed by atoms with Gasteiger partial charge in [0, 0.05) is 22.8 Å². The van der Waals surface area contributed by atoms with Crippen molar-refractivity contribution in [1.82, 2.24) is 4.98 Å². The fourth-order valence-corrected chi connectivity index (χ4v) is 3.56. The molecule has 0 aliphatic rings. The van der Waals surface area contributed by atoms with E-state index in [0.717, 1.165) is 24.1 Å². The van der Waals surface area contributed by atoms with Gasteiger partial charge in [-0.25, -0.2) is 4.99 Å². The number of hydrogen-bond donors (Lipinski definition) is 2. The van der Waals surface area contributed by atoms with Gasteiger partial charge >= 0.3 is 6.18 Å². The molecule has 2 aromatic carbocycles. The molecule has 0 atom stereocenters. The summed E-state index contributed by atoms with van der Waals surface area (Å²) >= 11 is 0. The molecule has 4 aromatic rings. The second-order valence-electron chi connectivity index (χ2n) is 7.90. The SMILES string of the molecule is CCc1ccc(N=c2oc3c(C)ncc(CO)c3cc2C(=O)Nc2cccc(C(F)(F)F)c2)cc1. The highest BCUT2D eigenvalue weighted by Crippen LogP contribution is 2.31. The third-order valence-corrected chi connectivity index (χ3v) is 5.49. The van der Waals surface area contributed by atoms with Crippen LogP contribution in [0.4, 0.5) is 24.5 Å². The van der Waals surface area contributed by atoms with Crippen LogP contribution in [0.25, 0.3) is 11.0 Å². The molecule has 0 fully saturated rings. The van der Waals surface area contributed by atoms with Crippen LogP contribution in [0.15, 0.2) is 70.2 Å². The minimum Gasteiger partial charge on any atom is -0.436 e. The Morgan fingerprint density at radius 1 is 1.14 bits per heavy atom. The van der Waals surface area contributed by atoms with Crippen LogP contribution in [0.1, 0.15) is 39.7 Å². The monoisotopic (exact) mass is 481 g/mol. The smallest absolute Gasteiger partial charge is 0.416 e. The van der Waals surface area contributed by atoms with Crippen molar-refractivity contribution in [3.05, 3.63) is 94.3 Å². The Morgan fingerprint density at radius 3 is 2.54 bits per heavy atom. The largest absolute Gasteiger partial charge is 0.436 e. The Hall–Kier alpha value is -3.98. The molecule has 0 aliphatic heterocycles. The maximum atomic E-state index is 13.2. The van der Waals surface area contributed by atoms with Crippen molar-refractivity contribution in [2.24, 2.45) is 4.99 Å². The Labute approximate surface area is 198 Å². The fraction of sp³-hybridized carbons (Fsp3) is 0.192. The number of rotatable bonds is 5. The van der Waals surface area contributed by atoms with Crippen LogP contribution >= 0.6 is 0 Å². The van der Waals surface area contributed by atoms with E-state index in [2.05, 4.69) is 15.3 Å². The molecule has 0 aliphatic carbocycles. The van der Waals surface area contributed by atoms with E-state index in [4.69, 9.17) is 4.42 Å². The zero-order chi connectivity index (χ0) is 25.2. The summed E-state index contributed by atoms with van der Waals surface area (Å²) < 4.78 is 45.3. The number of fused-ring (bicyclic) bond motifs is 1. The minimum absolute atomic E-state index is 0.00483. The van der Waals surface area contributed by atoms with Crippen molar-refractivity contribution in [3.63, 3.8) is 0 Å². The van der Waals surface area contributed by atoms with Crippen molar-refractivity contribution < 1.29 is 27.5 Å². The van der Waals surface area contributed by atoms with Gasteiger partial charge in [0.2, 0.25) is 5.55 Å². The Bertz CT molecular complexity index is 1460. The Balaban J connectivity index is 1.86. The standard InChI is InChI=1S/C26H22F3N3O3/c1-3-16-7-9-19(10-8-16)32-25-22(12-21-17(14-33)13-30-15(2)23(21)35-25)24(34)31-20-6-4-5-18(11-20)26(27,28)29/h4-13,33H,3,14H2,1-2H3,(H,31,34). The molecule has 0 spiro atoms. The van der Waals surface area contributed by atoms with Gasteiger partial charge < -0.3 is 14.8 Å². The zero-order valence-electron chi connectivity index (χ0n) is 19.0. The maximum absolute atomic E-state index is 13.2. The number of aliphatic hydroxyl groups excluding tert-OH is 1. The first kappa shape index (κ1) is 24.2. The summed E-state index contributed by atoms with van der Waals surface area (Å²) in [5.74, 6) is -0.711. The van der Waals surface area contributed by atoms with Gasteiger partial charge in [-0.3, -0.25) is 9.78 Å². The quantitative estimate of drug-likeness (QED) is 0.383. The number of alkyl halides is 3. The van der Waals surface area contributed by atoms with E-state index in [-0.39, 0.29) is 23.4 Å². The molecule has 35 heavy (non-hydrogen) atoms. The summed E-state index contributed by atoms with van der Waals surface area (Å²) in [4.78, 5) is 21.9. The number of amides is 1. The lowest BCUT2D eigenvalue weighted by Crippen LogP contribution is -2.22. The third kappa shape index (κ3) is 5.25. The van der Waals surface area contributed by atoms with Crippen molar-refractivity contribution >= 4 is 28.3 Å². The fourth-order valence-electron chi connectivity index (χ4n) is 3.56. The predicted octanol–water partition coefficient (Wildman–Crippen LogP) is 5.69. The highest BCUT2D eigenvalue weighted by molar-refractivity contribution is 6.05. The number of aliphatic hydroxyl groups is 1. The highest BCUT2D eigenvalue weighted by Gasteiger charge is 2.30. The van der Waals surface area contributed by atoms with Gasteiger partial charge in [-0.05, 0) is 55.3 Å². The average molecular weight is 481 g/mol. The summed E-state index contributed by atoms with van der Waals surface area (Å²) in [6, 6.07) is 13.2. The summed E-state index contributed by atoms with van der Waals surface area (Å²) in [5.41, 5.74) is 1.98. The third-order valence-electron chi connectivity index (χ3n) is 5.49. The zero-order valence-corrected chi connectivity index (χ0v) is 19.0. The molecule has 1 amide bonds. The van der Waals surface area contributed by atoms with Gasteiger partial charge in [0.25, 0.3) is 5.91 Å². The van der Waals surface area contributed by atoms with Gasteiger partial charge in [0.05, 0.1) is 23.6 Å². The molecular formula is C26H22F3N3O3. The van der Waals surface area contributed by atoms with E-state index in [1.165, 1.54) is 24.4 Å². The van der Waals surface area contributed by atoms with Gasteiger partial charge in [0.15, 0.2) is 5.58 Å². The van der Waals surface area contributed by atoms with E-state index >= 15 is 0 Å². The molecule has 0 unspecified atom stereocenters. The number of benzene rings is 2. The first-order valence-corrected chi connectivity index (χ1v) is 10.8. The number of nitrogens with one attached hydrogen (secondary N) is 1. The van der Waals surface area contributed by atoms with Gasteiger partial charge in [0.1, 0.15) is 5.56 Å². The number of carbonyl (C=O) groups excluding carboxylic acids is 1. The summed E-state index contributed by atoms with van der Waals surface area (Å²) in [6.45, 7) is 3.40. The molecule has 2 heterocycles. The number of pyridine rings is 1. The molecule has 0 saturated carbocycles. The molecule has 2 aromatic heterocycles. The topological polar surface area (TPSA) is 87.7 Å². The van der Waals surface area contributed by atoms with Crippen molar-refractivity contribution in [2.45, 2.75) is 33.1 Å². The second-order valence-corrected chi connectivity index (χ2v) is 7.90. The van der Waals surface area contributed by atoms with Gasteiger partial charge in [-0.2, -0.15) is 13.2 Å². The van der Waals surface area contributed by atoms with Crippen LogP contribution in [0, 0.1) is 6.92 Å². The lowest BCUT2D eigenvalue weighted by atomic mass is 10.1. The molecular weight excluding hydrogens is 459 g/mol. The highest BCUT2D eigenvalue weighted by atomic mass is 19.4. The van der Waals surface area contributed by atoms with Crippen LogP contribution < -0.4 is 10.9 Å². The van der Waals surface area contributed by atoms with E-state index in [0.29, 0.717) is 27.9 Å². The average Bonchev–Trinajstić information content (AvgIpc) is 2.84. The molecule has 0 radical (unpaired) electrons. The maximum Gasteiger partial charge on any atom is 0.416 e. The van der Waals surface area contributed by atoms with Crippen LogP contribution in [-0.2, 0) is 19.2 Å². The van der Waals surface area contributed by atoms with Gasteiger partial charge in [-0.1, -0.05) is 25.1 Å². The molecule has 180 valence electrons. The second kappa shape index (κ2) is 9.71. The summed E-state index contributed by atoms with van der Waals surface area (Å²) in [6.07, 6.45) is -2.23. The molecule has 2 N–H and O–H groups in total.